The number of rotatable bonds is 6. The number of nitrogens with zero attached hydrogens (tertiary/aromatic N) is 1. The predicted octanol–water partition coefficient (Wildman–Crippen LogP) is 13.0. The van der Waals surface area contributed by atoms with E-state index in [2.05, 4.69) is 196 Å². The molecule has 51 heavy (non-hydrogen) atoms. The van der Waals surface area contributed by atoms with E-state index in [1.54, 1.807) is 0 Å². The second-order valence-electron chi connectivity index (χ2n) is 14.3. The van der Waals surface area contributed by atoms with Crippen molar-refractivity contribution < 1.29 is 0 Å². The van der Waals surface area contributed by atoms with Crippen LogP contribution in [0.25, 0.3) is 50.1 Å². The predicted molar refractivity (Wildman–Crippen MR) is 215 cm³/mol. The SMILES string of the molecule is CC1(C)c2ccccc2-c2cc(-c3ccc(-c4cccc(C5CC(c6ccccc6)=CC(c6ccccc6)=N5)c4)c(-c4ccccc4)c3)ccc21. The van der Waals surface area contributed by atoms with E-state index in [-0.39, 0.29) is 11.5 Å². The first-order valence-corrected chi connectivity index (χ1v) is 18.0. The lowest BCUT2D eigenvalue weighted by Gasteiger charge is -2.23. The van der Waals surface area contributed by atoms with Gasteiger partial charge in [0, 0.05) is 5.41 Å². The molecule has 9 rings (SSSR count). The van der Waals surface area contributed by atoms with Crippen molar-refractivity contribution in [2.24, 2.45) is 4.99 Å². The van der Waals surface area contributed by atoms with E-state index >= 15 is 0 Å². The zero-order chi connectivity index (χ0) is 34.4. The molecule has 0 spiro atoms. The van der Waals surface area contributed by atoms with Crippen molar-refractivity contribution in [2.45, 2.75) is 31.7 Å². The monoisotopic (exact) mass is 653 g/mol. The summed E-state index contributed by atoms with van der Waals surface area (Å²) in [6.07, 6.45) is 3.13. The molecule has 0 bridgehead atoms. The molecule has 1 aliphatic heterocycles. The summed E-state index contributed by atoms with van der Waals surface area (Å²) in [5, 5.41) is 0. The maximum atomic E-state index is 5.36. The molecule has 7 aromatic carbocycles. The average Bonchev–Trinajstić information content (AvgIpc) is 3.44. The van der Waals surface area contributed by atoms with Crippen LogP contribution in [0.5, 0.6) is 0 Å². The molecule has 7 aromatic rings. The third kappa shape index (κ3) is 5.65. The molecule has 1 heterocycles. The molecule has 0 saturated carbocycles. The molecule has 1 aliphatic carbocycles. The highest BCUT2D eigenvalue weighted by Crippen LogP contribution is 2.50. The van der Waals surface area contributed by atoms with Gasteiger partial charge in [0.15, 0.2) is 0 Å². The van der Waals surface area contributed by atoms with Gasteiger partial charge in [-0.25, -0.2) is 0 Å². The molecule has 0 aromatic heterocycles. The highest BCUT2D eigenvalue weighted by molar-refractivity contribution is 6.13. The smallest absolute Gasteiger partial charge is 0.0797 e. The number of allylic oxidation sites excluding steroid dienone is 1. The minimum absolute atomic E-state index is 0.00355. The Balaban J connectivity index is 1.13. The van der Waals surface area contributed by atoms with E-state index in [1.165, 1.54) is 72.3 Å². The number of benzene rings is 7. The molecule has 1 atom stereocenters. The maximum absolute atomic E-state index is 5.36. The van der Waals surface area contributed by atoms with Crippen LogP contribution < -0.4 is 0 Å². The Hall–Kier alpha value is -6.05. The van der Waals surface area contributed by atoms with E-state index in [1.807, 2.05) is 0 Å². The van der Waals surface area contributed by atoms with Gasteiger partial charge in [0.2, 0.25) is 0 Å². The Morgan fingerprint density at radius 1 is 0.431 bits per heavy atom. The summed E-state index contributed by atoms with van der Waals surface area (Å²) < 4.78 is 0. The molecule has 1 nitrogen and oxygen atoms in total. The van der Waals surface area contributed by atoms with Crippen molar-refractivity contribution in [2.75, 3.05) is 0 Å². The lowest BCUT2D eigenvalue weighted by atomic mass is 9.82. The Morgan fingerprint density at radius 2 is 1.02 bits per heavy atom. The maximum Gasteiger partial charge on any atom is 0.0797 e. The van der Waals surface area contributed by atoms with E-state index in [9.17, 15) is 0 Å². The van der Waals surface area contributed by atoms with Gasteiger partial charge in [0.25, 0.3) is 0 Å². The number of fused-ring (bicyclic) bond motifs is 3. The summed E-state index contributed by atoms with van der Waals surface area (Å²) in [5.41, 5.74) is 18.8. The van der Waals surface area contributed by atoms with Gasteiger partial charge in [-0.2, -0.15) is 0 Å². The fourth-order valence-corrected chi connectivity index (χ4v) is 8.14. The third-order valence-electron chi connectivity index (χ3n) is 10.8. The Kier molecular flexibility index (Phi) is 7.70. The molecule has 0 amide bonds. The largest absolute Gasteiger partial charge is 0.276 e. The Bertz CT molecular complexity index is 2450. The van der Waals surface area contributed by atoms with Crippen LogP contribution in [0.3, 0.4) is 0 Å². The van der Waals surface area contributed by atoms with Crippen molar-refractivity contribution in [3.05, 3.63) is 210 Å². The highest BCUT2D eigenvalue weighted by atomic mass is 14.8. The normalized spacial score (nSPS) is 15.8. The standard InChI is InChI=1S/C50H39N/c1-50(2)46-24-13-12-23-43(46)45-31-38(26-28-47(45)50)37-25-27-42(44(30-37)35-17-8-4-9-18-35)39-21-14-22-40(29-39)49-33-41(34-15-6-3-7-16-34)32-48(51-49)36-19-10-5-11-20-36/h3-32,49H,33H2,1-2H3. The van der Waals surface area contributed by atoms with Crippen LogP contribution in [0.1, 0.15) is 54.1 Å². The fraction of sp³-hybridized carbons (Fsp3) is 0.100. The van der Waals surface area contributed by atoms with E-state index in [4.69, 9.17) is 4.99 Å². The molecular formula is C50H39N. The quantitative estimate of drug-likeness (QED) is 0.169. The summed E-state index contributed by atoms with van der Waals surface area (Å²) in [6, 6.07) is 64.1. The molecule has 1 heteroatoms. The van der Waals surface area contributed by atoms with Gasteiger partial charge in [-0.05, 0) is 109 Å². The number of dihydropyridines is 1. The highest BCUT2D eigenvalue weighted by Gasteiger charge is 2.35. The van der Waals surface area contributed by atoms with Crippen LogP contribution in [-0.4, -0.2) is 5.71 Å². The van der Waals surface area contributed by atoms with E-state index in [0.29, 0.717) is 0 Å². The zero-order valence-corrected chi connectivity index (χ0v) is 29.1. The molecule has 244 valence electrons. The van der Waals surface area contributed by atoms with Crippen molar-refractivity contribution >= 4 is 11.3 Å². The molecule has 0 saturated heterocycles. The summed E-state index contributed by atoms with van der Waals surface area (Å²) >= 11 is 0. The zero-order valence-electron chi connectivity index (χ0n) is 29.1. The molecule has 0 radical (unpaired) electrons. The summed E-state index contributed by atoms with van der Waals surface area (Å²) in [5.74, 6) is 0. The lowest BCUT2D eigenvalue weighted by molar-refractivity contribution is 0.660. The number of hydrogen-bond acceptors (Lipinski definition) is 1. The van der Waals surface area contributed by atoms with Crippen LogP contribution in [0.2, 0.25) is 0 Å². The van der Waals surface area contributed by atoms with Crippen LogP contribution in [-0.2, 0) is 5.41 Å². The minimum Gasteiger partial charge on any atom is -0.276 e. The first-order chi connectivity index (χ1) is 25.0. The summed E-state index contributed by atoms with van der Waals surface area (Å²) in [7, 11) is 0. The Morgan fingerprint density at radius 3 is 1.76 bits per heavy atom. The van der Waals surface area contributed by atoms with Crippen LogP contribution in [0.4, 0.5) is 0 Å². The first kappa shape index (κ1) is 31.0. The molecular weight excluding hydrogens is 615 g/mol. The van der Waals surface area contributed by atoms with E-state index in [0.717, 1.165) is 17.7 Å². The van der Waals surface area contributed by atoms with Crippen LogP contribution in [0.15, 0.2) is 187 Å². The third-order valence-corrected chi connectivity index (χ3v) is 10.8. The minimum atomic E-state index is -0.00355. The molecule has 1 unspecified atom stereocenters. The van der Waals surface area contributed by atoms with Crippen molar-refractivity contribution in [1.82, 2.24) is 0 Å². The lowest BCUT2D eigenvalue weighted by Crippen LogP contribution is -2.14. The van der Waals surface area contributed by atoms with Crippen molar-refractivity contribution in [3.8, 4) is 44.5 Å². The van der Waals surface area contributed by atoms with Gasteiger partial charge in [-0.15, -0.1) is 0 Å². The fourth-order valence-electron chi connectivity index (χ4n) is 8.14. The number of hydrogen-bond donors (Lipinski definition) is 0. The van der Waals surface area contributed by atoms with Crippen LogP contribution >= 0.6 is 0 Å². The molecule has 0 fully saturated rings. The summed E-state index contributed by atoms with van der Waals surface area (Å²) in [4.78, 5) is 5.36. The van der Waals surface area contributed by atoms with Crippen molar-refractivity contribution in [3.63, 3.8) is 0 Å². The average molecular weight is 654 g/mol. The molecule has 0 N–H and O–H groups in total. The van der Waals surface area contributed by atoms with Gasteiger partial charge in [-0.3, -0.25) is 4.99 Å². The van der Waals surface area contributed by atoms with Crippen molar-refractivity contribution in [1.29, 1.82) is 0 Å². The van der Waals surface area contributed by atoms with Crippen LogP contribution in [0, 0.1) is 0 Å². The van der Waals surface area contributed by atoms with Gasteiger partial charge >= 0.3 is 0 Å². The van der Waals surface area contributed by atoms with Gasteiger partial charge < -0.3 is 0 Å². The van der Waals surface area contributed by atoms with Gasteiger partial charge in [-0.1, -0.05) is 172 Å². The molecule has 2 aliphatic rings. The topological polar surface area (TPSA) is 12.4 Å². The van der Waals surface area contributed by atoms with Gasteiger partial charge in [0.05, 0.1) is 11.8 Å². The second kappa shape index (κ2) is 12.7. The summed E-state index contributed by atoms with van der Waals surface area (Å²) in [6.45, 7) is 4.68. The second-order valence-corrected chi connectivity index (χ2v) is 14.3. The first-order valence-electron chi connectivity index (χ1n) is 18.0. The van der Waals surface area contributed by atoms with Gasteiger partial charge in [0.1, 0.15) is 0 Å². The number of aliphatic imine (C=N–C) groups is 1. The Labute approximate surface area is 301 Å². The van der Waals surface area contributed by atoms with E-state index < -0.39 is 0 Å².